The number of rotatable bonds is 3. The van der Waals surface area contributed by atoms with Crippen LogP contribution in [0.2, 0.25) is 5.02 Å². The van der Waals surface area contributed by atoms with Crippen molar-refractivity contribution in [3.05, 3.63) is 57.7 Å². The first-order chi connectivity index (χ1) is 11.5. The van der Waals surface area contributed by atoms with Crippen molar-refractivity contribution >= 4 is 33.5 Å². The number of nitrogens with zero attached hydrogens (tertiary/aromatic N) is 1. The Labute approximate surface area is 149 Å². The maximum Gasteiger partial charge on any atom is 0.343 e. The Hall–Kier alpha value is -2.51. The van der Waals surface area contributed by atoms with Gasteiger partial charge in [0.25, 0.3) is 0 Å². The summed E-state index contributed by atoms with van der Waals surface area (Å²) < 4.78 is 11.0. The zero-order valence-corrected chi connectivity index (χ0v) is 14.2. The number of carbonyl (C=O) groups excluding carboxylic acids is 1. The zero-order valence-electron chi connectivity index (χ0n) is 11.9. The summed E-state index contributed by atoms with van der Waals surface area (Å²) in [6, 6.07) is 8.37. The molecule has 0 atom stereocenters. The number of ether oxygens (including phenoxy) is 1. The summed E-state index contributed by atoms with van der Waals surface area (Å²) in [5.74, 6) is -0.922. The van der Waals surface area contributed by atoms with Gasteiger partial charge in [-0.2, -0.15) is 0 Å². The predicted molar refractivity (Wildman–Crippen MR) is 89.4 cm³/mol. The summed E-state index contributed by atoms with van der Waals surface area (Å²) in [4.78, 5) is 12.3. The van der Waals surface area contributed by atoms with Crippen LogP contribution in [0.25, 0.3) is 11.3 Å². The molecule has 0 aliphatic carbocycles. The summed E-state index contributed by atoms with van der Waals surface area (Å²) in [7, 11) is 0. The Morgan fingerprint density at radius 1 is 1.17 bits per heavy atom. The number of phenolic OH excluding ortho intramolecular Hbond substituents is 2. The molecule has 0 spiro atoms. The molecule has 3 rings (SSSR count). The van der Waals surface area contributed by atoms with E-state index in [2.05, 4.69) is 21.1 Å². The van der Waals surface area contributed by atoms with Crippen molar-refractivity contribution in [2.24, 2.45) is 0 Å². The van der Waals surface area contributed by atoms with Gasteiger partial charge < -0.3 is 19.5 Å². The number of phenols is 2. The minimum absolute atomic E-state index is 0.0654. The van der Waals surface area contributed by atoms with Crippen LogP contribution in [-0.2, 0) is 0 Å². The molecule has 2 aromatic carbocycles. The van der Waals surface area contributed by atoms with Gasteiger partial charge in [0.1, 0.15) is 0 Å². The van der Waals surface area contributed by atoms with E-state index < -0.39 is 11.7 Å². The average Bonchev–Trinajstić information content (AvgIpc) is 3.06. The molecule has 0 amide bonds. The van der Waals surface area contributed by atoms with Crippen LogP contribution in [0, 0.1) is 0 Å². The van der Waals surface area contributed by atoms with Gasteiger partial charge in [0.05, 0.1) is 21.8 Å². The summed E-state index contributed by atoms with van der Waals surface area (Å²) in [6.45, 7) is 0. The van der Waals surface area contributed by atoms with E-state index in [1.807, 2.05) is 0 Å². The third-order valence-electron chi connectivity index (χ3n) is 3.12. The Balaban J connectivity index is 2.00. The van der Waals surface area contributed by atoms with Crippen molar-refractivity contribution in [3.8, 4) is 28.6 Å². The minimum Gasteiger partial charge on any atom is -0.504 e. The molecule has 122 valence electrons. The highest BCUT2D eigenvalue weighted by molar-refractivity contribution is 9.10. The second-order valence-corrected chi connectivity index (χ2v) is 6.02. The molecule has 1 heterocycles. The molecule has 0 aliphatic heterocycles. The van der Waals surface area contributed by atoms with Crippen molar-refractivity contribution in [3.63, 3.8) is 0 Å². The Morgan fingerprint density at radius 3 is 2.62 bits per heavy atom. The second-order valence-electron chi connectivity index (χ2n) is 4.73. The second kappa shape index (κ2) is 6.54. The number of esters is 1. The van der Waals surface area contributed by atoms with Gasteiger partial charge in [-0.1, -0.05) is 16.8 Å². The molecule has 0 saturated carbocycles. The molecule has 2 N–H and O–H groups in total. The molecule has 1 aromatic heterocycles. The number of hydrogen-bond donors (Lipinski definition) is 2. The number of halogens is 2. The molecule has 0 unspecified atom stereocenters. The lowest BCUT2D eigenvalue weighted by Crippen LogP contribution is -2.09. The molecule has 0 fully saturated rings. The van der Waals surface area contributed by atoms with Crippen LogP contribution in [-0.4, -0.2) is 21.3 Å². The highest BCUT2D eigenvalue weighted by Gasteiger charge is 2.19. The molecular weight excluding hydrogens is 402 g/mol. The van der Waals surface area contributed by atoms with Crippen molar-refractivity contribution in [2.75, 3.05) is 0 Å². The van der Waals surface area contributed by atoms with Gasteiger partial charge in [0, 0.05) is 11.1 Å². The number of benzene rings is 2. The first-order valence-corrected chi connectivity index (χ1v) is 7.77. The Kier molecular flexibility index (Phi) is 4.46. The quantitative estimate of drug-likeness (QED) is 0.378. The van der Waals surface area contributed by atoms with Gasteiger partial charge >= 0.3 is 5.97 Å². The van der Waals surface area contributed by atoms with Crippen LogP contribution < -0.4 is 4.74 Å². The molecular formula is C16H9BrClNO5. The van der Waals surface area contributed by atoms with Crippen LogP contribution in [0.15, 0.2) is 51.6 Å². The lowest BCUT2D eigenvalue weighted by atomic mass is 10.1. The summed E-state index contributed by atoms with van der Waals surface area (Å²) in [6.07, 6.45) is 1.45. The molecule has 0 radical (unpaired) electrons. The third kappa shape index (κ3) is 3.22. The fraction of sp³-hybridized carbons (Fsp3) is 0. The molecule has 6 nitrogen and oxygen atoms in total. The fourth-order valence-electron chi connectivity index (χ4n) is 2.00. The van der Waals surface area contributed by atoms with Crippen LogP contribution in [0.3, 0.4) is 0 Å². The molecule has 3 aromatic rings. The van der Waals surface area contributed by atoms with Crippen molar-refractivity contribution in [2.45, 2.75) is 0 Å². The minimum atomic E-state index is -0.728. The number of hydrogen-bond acceptors (Lipinski definition) is 6. The van der Waals surface area contributed by atoms with Crippen molar-refractivity contribution in [1.29, 1.82) is 0 Å². The van der Waals surface area contributed by atoms with E-state index in [0.717, 1.165) is 6.07 Å². The highest BCUT2D eigenvalue weighted by atomic mass is 79.9. The topological polar surface area (TPSA) is 92.8 Å². The summed E-state index contributed by atoms with van der Waals surface area (Å²) >= 11 is 9.33. The van der Waals surface area contributed by atoms with E-state index in [1.54, 1.807) is 18.2 Å². The average molecular weight is 411 g/mol. The van der Waals surface area contributed by atoms with Crippen LogP contribution in [0.4, 0.5) is 0 Å². The number of aromatic hydroxyl groups is 2. The maximum atomic E-state index is 12.3. The number of carbonyl (C=O) groups is 1. The predicted octanol–water partition coefficient (Wildman–Crippen LogP) is 4.39. The normalized spacial score (nSPS) is 10.6. The number of aromatic nitrogens is 1. The van der Waals surface area contributed by atoms with E-state index >= 15 is 0 Å². The molecule has 8 heteroatoms. The van der Waals surface area contributed by atoms with E-state index in [1.165, 1.54) is 18.3 Å². The highest BCUT2D eigenvalue weighted by Crippen LogP contribution is 2.39. The lowest BCUT2D eigenvalue weighted by Gasteiger charge is -2.11. The largest absolute Gasteiger partial charge is 0.504 e. The van der Waals surface area contributed by atoms with Crippen LogP contribution >= 0.6 is 27.5 Å². The molecule has 0 saturated heterocycles. The third-order valence-corrected chi connectivity index (χ3v) is 3.92. The summed E-state index contributed by atoms with van der Waals surface area (Å²) in [5.41, 5.74) is 0.499. The first kappa shape index (κ1) is 16.4. The van der Waals surface area contributed by atoms with E-state index in [4.69, 9.17) is 20.9 Å². The van der Waals surface area contributed by atoms with E-state index in [9.17, 15) is 15.0 Å². The zero-order chi connectivity index (χ0) is 17.3. The van der Waals surface area contributed by atoms with Gasteiger partial charge in [-0.25, -0.2) is 4.79 Å². The van der Waals surface area contributed by atoms with Crippen LogP contribution in [0.1, 0.15) is 10.4 Å². The van der Waals surface area contributed by atoms with Gasteiger partial charge in [0.2, 0.25) is 0 Å². The lowest BCUT2D eigenvalue weighted by molar-refractivity contribution is 0.0733. The Bertz CT molecular complexity index is 911. The standard InChI is InChI=1S/C16H9BrClNO5/c17-11-7-9(18)6-10(14-3-4-19-24-14)15(11)23-16(22)8-1-2-12(20)13(21)5-8/h1-7,20-21H. The summed E-state index contributed by atoms with van der Waals surface area (Å²) in [5, 5.41) is 22.9. The fourth-order valence-corrected chi connectivity index (χ4v) is 2.90. The van der Waals surface area contributed by atoms with Crippen molar-refractivity contribution in [1.82, 2.24) is 5.16 Å². The Morgan fingerprint density at radius 2 is 1.96 bits per heavy atom. The monoisotopic (exact) mass is 409 g/mol. The molecule has 0 aliphatic rings. The van der Waals surface area contributed by atoms with Crippen LogP contribution in [0.5, 0.6) is 17.2 Å². The van der Waals surface area contributed by atoms with Gasteiger partial charge in [-0.05, 0) is 46.3 Å². The smallest absolute Gasteiger partial charge is 0.343 e. The first-order valence-electron chi connectivity index (χ1n) is 6.60. The molecule has 0 bridgehead atoms. The van der Waals surface area contributed by atoms with Gasteiger partial charge in [0.15, 0.2) is 23.0 Å². The molecule has 24 heavy (non-hydrogen) atoms. The van der Waals surface area contributed by atoms with Gasteiger partial charge in [-0.3, -0.25) is 0 Å². The van der Waals surface area contributed by atoms with E-state index in [-0.39, 0.29) is 17.1 Å². The van der Waals surface area contributed by atoms with Crippen molar-refractivity contribution < 1.29 is 24.3 Å². The van der Waals surface area contributed by atoms with Gasteiger partial charge in [-0.15, -0.1) is 0 Å². The maximum absolute atomic E-state index is 12.3. The SMILES string of the molecule is O=C(Oc1c(Br)cc(Cl)cc1-c1ccno1)c1ccc(O)c(O)c1. The van der Waals surface area contributed by atoms with E-state index in [0.29, 0.717) is 20.8 Å².